The van der Waals surface area contributed by atoms with Crippen molar-refractivity contribution in [3.63, 3.8) is 0 Å². The molecule has 1 aliphatic heterocycles. The largest absolute Gasteiger partial charge is 0.508 e. The maximum absolute atomic E-state index is 13.0. The number of anilines is 1. The molecular weight excluding hydrogens is 412 g/mol. The number of nitro benzene ring substituents is 1. The highest BCUT2D eigenvalue weighted by Crippen LogP contribution is 2.42. The lowest BCUT2D eigenvalue weighted by atomic mass is 9.95. The summed E-state index contributed by atoms with van der Waals surface area (Å²) in [6.07, 6.45) is 0. The van der Waals surface area contributed by atoms with Gasteiger partial charge in [-0.3, -0.25) is 24.6 Å². The molecule has 1 amide bonds. The zero-order valence-corrected chi connectivity index (χ0v) is 16.9. The van der Waals surface area contributed by atoms with Crippen LogP contribution in [0.15, 0.2) is 78.4 Å². The zero-order valence-electron chi connectivity index (χ0n) is 16.9. The first-order chi connectivity index (χ1) is 15.3. The SMILES string of the molecule is Cc1cccc(N2C(=O)C(=O)/C(=C(\O)c3ccc([N+](=O)[O-])cc3)C2c2ccc(O)cc2)c1. The first-order valence-corrected chi connectivity index (χ1v) is 9.69. The lowest BCUT2D eigenvalue weighted by molar-refractivity contribution is -0.384. The highest BCUT2D eigenvalue weighted by Gasteiger charge is 2.47. The van der Waals surface area contributed by atoms with Crippen LogP contribution in [0.3, 0.4) is 0 Å². The first-order valence-electron chi connectivity index (χ1n) is 9.69. The van der Waals surface area contributed by atoms with Crippen LogP contribution in [-0.4, -0.2) is 26.8 Å². The third-order valence-electron chi connectivity index (χ3n) is 5.28. The van der Waals surface area contributed by atoms with Crippen molar-refractivity contribution in [2.24, 2.45) is 0 Å². The van der Waals surface area contributed by atoms with Gasteiger partial charge in [0.25, 0.3) is 17.4 Å². The summed E-state index contributed by atoms with van der Waals surface area (Å²) >= 11 is 0. The van der Waals surface area contributed by atoms with Gasteiger partial charge in [-0.1, -0.05) is 24.3 Å². The Morgan fingerprint density at radius 2 is 1.66 bits per heavy atom. The van der Waals surface area contributed by atoms with E-state index in [1.165, 1.54) is 41.3 Å². The van der Waals surface area contributed by atoms with Crippen LogP contribution < -0.4 is 4.90 Å². The van der Waals surface area contributed by atoms with Gasteiger partial charge in [0.05, 0.1) is 16.5 Å². The molecule has 3 aromatic carbocycles. The minimum Gasteiger partial charge on any atom is -0.508 e. The second-order valence-corrected chi connectivity index (χ2v) is 7.40. The number of phenols is 1. The van der Waals surface area contributed by atoms with Crippen LogP contribution in [0.25, 0.3) is 5.76 Å². The topological polar surface area (TPSA) is 121 Å². The molecule has 0 bridgehead atoms. The number of phenolic OH excluding ortho intramolecular Hbond substituents is 1. The number of hydrogen-bond acceptors (Lipinski definition) is 6. The van der Waals surface area contributed by atoms with E-state index in [9.17, 15) is 29.9 Å². The zero-order chi connectivity index (χ0) is 23.0. The Morgan fingerprint density at radius 3 is 2.25 bits per heavy atom. The Bertz CT molecular complexity index is 1260. The van der Waals surface area contributed by atoms with Crippen molar-refractivity contribution in [1.82, 2.24) is 0 Å². The van der Waals surface area contributed by atoms with Gasteiger partial charge in [0.2, 0.25) is 0 Å². The van der Waals surface area contributed by atoms with Crippen molar-refractivity contribution in [2.75, 3.05) is 4.90 Å². The monoisotopic (exact) mass is 430 g/mol. The van der Waals surface area contributed by atoms with Gasteiger partial charge in [-0.25, -0.2) is 0 Å². The summed E-state index contributed by atoms with van der Waals surface area (Å²) in [4.78, 5) is 37.8. The molecule has 32 heavy (non-hydrogen) atoms. The number of nitro groups is 1. The molecule has 1 unspecified atom stereocenters. The molecule has 0 radical (unpaired) electrons. The Hall–Kier alpha value is -4.46. The Morgan fingerprint density at radius 1 is 1.00 bits per heavy atom. The quantitative estimate of drug-likeness (QED) is 0.210. The van der Waals surface area contributed by atoms with E-state index in [2.05, 4.69) is 0 Å². The molecule has 8 nitrogen and oxygen atoms in total. The first kappa shape index (κ1) is 20.8. The highest BCUT2D eigenvalue weighted by atomic mass is 16.6. The van der Waals surface area contributed by atoms with Crippen LogP contribution in [-0.2, 0) is 9.59 Å². The number of carbonyl (C=O) groups is 2. The van der Waals surface area contributed by atoms with Gasteiger partial charge in [-0.2, -0.15) is 0 Å². The molecule has 0 aliphatic carbocycles. The molecule has 4 rings (SSSR count). The molecule has 0 spiro atoms. The minimum atomic E-state index is -0.951. The maximum Gasteiger partial charge on any atom is 0.300 e. The summed E-state index contributed by atoms with van der Waals surface area (Å²) in [5, 5.41) is 31.6. The summed E-state index contributed by atoms with van der Waals surface area (Å²) in [7, 11) is 0. The summed E-state index contributed by atoms with van der Waals surface area (Å²) in [6.45, 7) is 1.85. The molecule has 1 fully saturated rings. The van der Waals surface area contributed by atoms with Crippen LogP contribution in [0, 0.1) is 17.0 Å². The number of aliphatic hydroxyl groups excluding tert-OH is 1. The van der Waals surface area contributed by atoms with Gasteiger partial charge < -0.3 is 10.2 Å². The lowest BCUT2D eigenvalue weighted by Crippen LogP contribution is -2.29. The fourth-order valence-electron chi connectivity index (χ4n) is 3.75. The number of Topliss-reactive ketones (excluding diaryl/α,β-unsaturated/α-hetero) is 1. The van der Waals surface area contributed by atoms with Crippen molar-refractivity contribution >= 4 is 28.8 Å². The molecule has 8 heteroatoms. The number of ketones is 1. The molecule has 1 aliphatic rings. The number of hydrogen-bond donors (Lipinski definition) is 2. The van der Waals surface area contributed by atoms with E-state index in [0.717, 1.165) is 5.56 Å². The van der Waals surface area contributed by atoms with E-state index in [1.54, 1.807) is 30.3 Å². The molecule has 1 atom stereocenters. The number of nitrogens with zero attached hydrogens (tertiary/aromatic N) is 2. The van der Waals surface area contributed by atoms with E-state index >= 15 is 0 Å². The Balaban J connectivity index is 1.92. The van der Waals surface area contributed by atoms with Crippen LogP contribution in [0.5, 0.6) is 5.75 Å². The summed E-state index contributed by atoms with van der Waals surface area (Å²) in [5.41, 5.74) is 1.72. The predicted molar refractivity (Wildman–Crippen MR) is 117 cm³/mol. The van der Waals surface area contributed by atoms with Gasteiger partial charge in [0, 0.05) is 23.4 Å². The number of benzene rings is 3. The third kappa shape index (κ3) is 3.58. The smallest absolute Gasteiger partial charge is 0.300 e. The number of aromatic hydroxyl groups is 1. The molecule has 2 N–H and O–H groups in total. The van der Waals surface area contributed by atoms with Crippen molar-refractivity contribution in [1.29, 1.82) is 0 Å². The number of non-ortho nitro benzene ring substituents is 1. The maximum atomic E-state index is 13.0. The van der Waals surface area contributed by atoms with E-state index in [0.29, 0.717) is 11.3 Å². The van der Waals surface area contributed by atoms with Gasteiger partial charge in [-0.05, 0) is 54.4 Å². The predicted octanol–water partition coefficient (Wildman–Crippen LogP) is 4.24. The van der Waals surface area contributed by atoms with Gasteiger partial charge >= 0.3 is 0 Å². The van der Waals surface area contributed by atoms with Crippen molar-refractivity contribution < 1.29 is 24.7 Å². The highest BCUT2D eigenvalue weighted by molar-refractivity contribution is 6.51. The van der Waals surface area contributed by atoms with E-state index in [1.807, 2.05) is 13.0 Å². The number of aliphatic hydroxyl groups is 1. The molecule has 160 valence electrons. The number of amides is 1. The van der Waals surface area contributed by atoms with Crippen molar-refractivity contribution in [3.8, 4) is 5.75 Å². The normalized spacial score (nSPS) is 17.5. The molecule has 3 aromatic rings. The van der Waals surface area contributed by atoms with Crippen LogP contribution in [0.2, 0.25) is 0 Å². The van der Waals surface area contributed by atoms with Gasteiger partial charge in [0.15, 0.2) is 0 Å². The fourth-order valence-corrected chi connectivity index (χ4v) is 3.75. The molecular formula is C24H18N2O6. The Labute approximate surface area is 182 Å². The van der Waals surface area contributed by atoms with Gasteiger partial charge in [-0.15, -0.1) is 0 Å². The van der Waals surface area contributed by atoms with E-state index in [4.69, 9.17) is 0 Å². The van der Waals surface area contributed by atoms with Crippen molar-refractivity contribution in [2.45, 2.75) is 13.0 Å². The summed E-state index contributed by atoms with van der Waals surface area (Å²) in [6, 6.07) is 17.2. The third-order valence-corrected chi connectivity index (χ3v) is 5.28. The minimum absolute atomic E-state index is 0.0108. The average molecular weight is 430 g/mol. The summed E-state index contributed by atoms with van der Waals surface area (Å²) < 4.78 is 0. The van der Waals surface area contributed by atoms with E-state index in [-0.39, 0.29) is 22.6 Å². The van der Waals surface area contributed by atoms with Gasteiger partial charge in [0.1, 0.15) is 11.5 Å². The number of carbonyl (C=O) groups excluding carboxylic acids is 2. The number of rotatable bonds is 4. The average Bonchev–Trinajstić information content (AvgIpc) is 3.04. The van der Waals surface area contributed by atoms with E-state index < -0.39 is 28.4 Å². The summed E-state index contributed by atoms with van der Waals surface area (Å²) in [5.74, 6) is -2.11. The fraction of sp³-hybridized carbons (Fsp3) is 0.0833. The Kier molecular flexibility index (Phi) is 5.19. The van der Waals surface area contributed by atoms with Crippen LogP contribution >= 0.6 is 0 Å². The standard InChI is InChI=1S/C24H18N2O6/c1-14-3-2-4-18(13-14)25-21(15-7-11-19(27)12-8-15)20(23(29)24(25)30)22(28)16-5-9-17(10-6-16)26(31)32/h2-13,21,27-28H,1H3/b22-20-. The lowest BCUT2D eigenvalue weighted by Gasteiger charge is -2.25. The second-order valence-electron chi connectivity index (χ2n) is 7.40. The van der Waals surface area contributed by atoms with Crippen molar-refractivity contribution in [3.05, 3.63) is 105 Å². The molecule has 1 saturated heterocycles. The number of aryl methyl sites for hydroxylation is 1. The van der Waals surface area contributed by atoms with Crippen LogP contribution in [0.1, 0.15) is 22.7 Å². The molecule has 1 heterocycles. The molecule has 0 aromatic heterocycles. The molecule has 0 saturated carbocycles. The van der Waals surface area contributed by atoms with Crippen LogP contribution in [0.4, 0.5) is 11.4 Å². The second kappa shape index (κ2) is 7.99.